The maximum atomic E-state index is 12.5. The lowest BCUT2D eigenvalue weighted by molar-refractivity contribution is -0.0233. The molecule has 0 amide bonds. The number of aliphatic hydroxyl groups excluding tert-OH is 6. The minimum absolute atomic E-state index is 0. The Hall–Kier alpha value is -6.28. The Balaban J connectivity index is 0.000000418. The van der Waals surface area contributed by atoms with Crippen LogP contribution in [-0.4, -0.2) is 168 Å². The highest BCUT2D eigenvalue weighted by Crippen LogP contribution is 2.47. The van der Waals surface area contributed by atoms with Gasteiger partial charge in [0.25, 0.3) is 22.2 Å². The molecule has 4 aliphatic heterocycles. The maximum Gasteiger partial charge on any atom is 0.329 e. The van der Waals surface area contributed by atoms with Crippen LogP contribution in [0.4, 0.5) is 4.39 Å². The summed E-state index contributed by atoms with van der Waals surface area (Å²) < 4.78 is 54.0. The molecule has 0 aliphatic carbocycles. The molecule has 92 heavy (non-hydrogen) atoms. The summed E-state index contributed by atoms with van der Waals surface area (Å²) >= 11 is 0. The van der Waals surface area contributed by atoms with E-state index in [0.717, 1.165) is 23.6 Å². The van der Waals surface area contributed by atoms with Crippen molar-refractivity contribution in [3.8, 4) is 24.7 Å². The zero-order valence-corrected chi connectivity index (χ0v) is 55.3. The molecule has 4 unspecified atom stereocenters. The number of ether oxygens (including phenoxy) is 4. The molecule has 0 bridgehead atoms. The van der Waals surface area contributed by atoms with Crippen LogP contribution in [0.15, 0.2) is 63.1 Å². The number of rotatable bonds is 14. The third-order valence-corrected chi connectivity index (χ3v) is 26.3. The fourth-order valence-corrected chi connectivity index (χ4v) is 12.8. The Morgan fingerprint density at radius 1 is 0.554 bits per heavy atom. The minimum atomic E-state index is -2.08. The van der Waals surface area contributed by atoms with Gasteiger partial charge in [-0.3, -0.25) is 52.6 Å². The molecule has 8 heterocycles. The quantitative estimate of drug-likeness (QED) is 0.0637. The standard InChI is InChI=1S/C20H32N2O4Si.C17H30N2O4Si.C12H14N2O6.C9H12N2O6.CH3F.2CH4/c1-9-11-22-12-14(18(23)21-19(22)24)17-16(13(3)15(10-2)25-17)26-27(7,8)20(4,5)6;1-8-12-10(2)13(23-24(6,7)17(3,4)5)14(22-12)11-9-18-16(21)19-15(11)20;1-2-3-14-4-6(11(18)13-12(14)19)10-9(17)8(16)7(5-15)20-10;12-2-4-5(13)6(14)7(17-4)3-1-10-9(16)11-8(3)15;1-2;;/h1,12-13,15-17H,10-11H2,2-8H3,(H,21,23,24);9-10,12-14H,8H2,1-7H3,(H2,18,19,20,21);1,4,7-10,15-17H,3,5H2,(H,13,18,19);1,4-7,12-14H,2H2,(H2,10,11,15,16);1H3;2*1H4/t13?,15-,16+,17+;10?,12-,13+,14+;7-,8?,9+,10+;4-,5?,6+,7+;;;/m1111.../s1/i;;;;1D;;. The minimum Gasteiger partial charge on any atom is -0.411 e. The van der Waals surface area contributed by atoms with Crippen LogP contribution in [0.2, 0.25) is 36.3 Å². The largest absolute Gasteiger partial charge is 0.411 e. The molecule has 4 aromatic rings. The van der Waals surface area contributed by atoms with Crippen LogP contribution in [0.25, 0.3) is 0 Å². The van der Waals surface area contributed by atoms with E-state index in [2.05, 4.69) is 132 Å². The monoisotopic (exact) mass is 1340 g/mol. The van der Waals surface area contributed by atoms with E-state index in [0.29, 0.717) is 11.1 Å². The Morgan fingerprint density at radius 2 is 0.848 bits per heavy atom. The Kier molecular flexibility index (Phi) is 29.7. The molecule has 4 aliphatic rings. The number of H-pyrrole nitrogens is 6. The van der Waals surface area contributed by atoms with Crippen LogP contribution >= 0.6 is 0 Å². The lowest BCUT2D eigenvalue weighted by Crippen LogP contribution is -2.46. The van der Waals surface area contributed by atoms with Crippen LogP contribution in [0, 0.1) is 36.5 Å². The first-order chi connectivity index (χ1) is 42.3. The molecule has 16 atom stereocenters. The Bertz CT molecular complexity index is 3630. The van der Waals surface area contributed by atoms with Crippen molar-refractivity contribution >= 4 is 16.6 Å². The van der Waals surface area contributed by atoms with Crippen molar-refractivity contribution in [2.24, 2.45) is 11.8 Å². The molecule has 0 spiro atoms. The lowest BCUT2D eigenvalue weighted by atomic mass is 9.95. The van der Waals surface area contributed by atoms with Gasteiger partial charge in [0.2, 0.25) is 0 Å². The van der Waals surface area contributed by atoms with Crippen molar-refractivity contribution in [1.29, 1.82) is 0 Å². The van der Waals surface area contributed by atoms with Gasteiger partial charge < -0.3 is 68.4 Å². The molecule has 31 heteroatoms. The second-order valence-electron chi connectivity index (χ2n) is 25.3. The summed E-state index contributed by atoms with van der Waals surface area (Å²) in [6.07, 6.45) is 6.54. The topological polar surface area (TPSA) is 418 Å². The predicted molar refractivity (Wildman–Crippen MR) is 348 cm³/mol. The van der Waals surface area contributed by atoms with E-state index in [1.807, 2.05) is 4.98 Å². The molecular formula is C61H99FN8O20Si2. The molecule has 4 aromatic heterocycles. The number of hydrogen-bond acceptors (Lipinski definition) is 20. The number of hydrogen-bond donors (Lipinski definition) is 12. The zero-order chi connectivity index (χ0) is 69.0. The Morgan fingerprint density at radius 3 is 1.14 bits per heavy atom. The fraction of sp³-hybridized carbons (Fsp3) is 0.672. The second-order valence-corrected chi connectivity index (χ2v) is 34.8. The molecule has 0 aromatic carbocycles. The van der Waals surface area contributed by atoms with E-state index >= 15 is 0 Å². The first-order valence-corrected chi connectivity index (χ1v) is 35.1. The number of halogens is 1. The molecule has 8 rings (SSSR count). The molecule has 28 nitrogen and oxygen atoms in total. The summed E-state index contributed by atoms with van der Waals surface area (Å²) in [6.45, 7) is 29.4. The third-order valence-electron chi connectivity index (χ3n) is 17.3. The van der Waals surface area contributed by atoms with Gasteiger partial charge in [-0.05, 0) is 49.1 Å². The van der Waals surface area contributed by atoms with Crippen molar-refractivity contribution in [2.45, 2.75) is 232 Å². The van der Waals surface area contributed by atoms with Crippen LogP contribution < -0.4 is 45.0 Å². The summed E-state index contributed by atoms with van der Waals surface area (Å²) in [6, 6.07) is 0. The van der Waals surface area contributed by atoms with Crippen molar-refractivity contribution in [3.63, 3.8) is 0 Å². The highest BCUT2D eigenvalue weighted by Gasteiger charge is 2.51. The predicted octanol–water partition coefficient (Wildman–Crippen LogP) is 2.38. The van der Waals surface area contributed by atoms with Gasteiger partial charge in [-0.1, -0.05) is 95.9 Å². The molecule has 518 valence electrons. The number of alkyl halides is 1. The second kappa shape index (κ2) is 34.2. The van der Waals surface area contributed by atoms with E-state index in [9.17, 15) is 63.2 Å². The van der Waals surface area contributed by atoms with E-state index in [1.54, 1.807) is 0 Å². The fourth-order valence-electron chi connectivity index (χ4n) is 10.0. The van der Waals surface area contributed by atoms with Crippen molar-refractivity contribution < 1.29 is 64.2 Å². The van der Waals surface area contributed by atoms with Crippen LogP contribution in [0.1, 0.15) is 145 Å². The van der Waals surface area contributed by atoms with Gasteiger partial charge in [0, 0.05) is 36.6 Å². The van der Waals surface area contributed by atoms with E-state index < -0.39 is 143 Å². The van der Waals surface area contributed by atoms with Crippen molar-refractivity contribution in [1.82, 2.24) is 39.0 Å². The first kappa shape index (κ1) is 80.0. The maximum absolute atomic E-state index is 12.5. The zero-order valence-electron chi connectivity index (χ0n) is 54.3. The van der Waals surface area contributed by atoms with Gasteiger partial charge in [-0.25, -0.2) is 19.2 Å². The average molecular weight is 1340 g/mol. The van der Waals surface area contributed by atoms with Gasteiger partial charge in [0.15, 0.2) is 16.6 Å². The number of aromatic amines is 6. The van der Waals surface area contributed by atoms with Crippen LogP contribution in [0.3, 0.4) is 0 Å². The summed E-state index contributed by atoms with van der Waals surface area (Å²) in [5, 5.41) is 56.7. The number of terminal acetylenes is 2. The van der Waals surface area contributed by atoms with E-state index in [1.165, 1.54) is 23.2 Å². The van der Waals surface area contributed by atoms with Crippen LogP contribution in [0.5, 0.6) is 0 Å². The number of aliphatic hydroxyl groups is 6. The summed E-state index contributed by atoms with van der Waals surface area (Å²) in [5.41, 5.74) is -3.88. The van der Waals surface area contributed by atoms with E-state index in [-0.39, 0.29) is 85.4 Å². The highest BCUT2D eigenvalue weighted by molar-refractivity contribution is 6.74. The first-order valence-electron chi connectivity index (χ1n) is 30.0. The molecular weight excluding hydrogens is 1240 g/mol. The summed E-state index contributed by atoms with van der Waals surface area (Å²) in [4.78, 5) is 107. The molecule has 0 saturated carbocycles. The van der Waals surface area contributed by atoms with Gasteiger partial charge in [0.05, 0.1) is 81.5 Å². The average Bonchev–Trinajstić information content (AvgIpc) is 1.70. The van der Waals surface area contributed by atoms with Crippen molar-refractivity contribution in [3.05, 3.63) is 130 Å². The van der Waals surface area contributed by atoms with Gasteiger partial charge >= 0.3 is 22.8 Å². The highest BCUT2D eigenvalue weighted by atomic mass is 28.4. The summed E-state index contributed by atoms with van der Waals surface area (Å²) in [7, 11) is -5.10. The molecule has 0 radical (unpaired) electrons. The molecule has 12 N–H and O–H groups in total. The van der Waals surface area contributed by atoms with Crippen LogP contribution in [-0.2, 0) is 40.9 Å². The van der Waals surface area contributed by atoms with Gasteiger partial charge in [-0.15, -0.1) is 12.8 Å². The van der Waals surface area contributed by atoms with E-state index in [4.69, 9.17) is 52.2 Å². The Labute approximate surface area is 537 Å². The SMILES string of the molecule is C.C.C#CCn1cc([C@@H]2O[C@H](CC)C(C)[C@@H]2O[Si](C)(C)C(C)(C)C)c(=O)[nH]c1=O.C#CCn1cc([C@@H]2O[C@H](CO)C(O)[C@@H]2O)c(=O)[nH]c1=O.CC[C@H]1O[C@@H](c2c[nH]c(=O)[nH]c2=O)[C@@H](O[Si](C)(C)C(C)(C)C)C1C.O=c1[nH]cc([C@@H]2O[C@H](CO)C(O)[C@@H]2O)c(=O)[nH]1.[2H]CF. The number of nitrogens with one attached hydrogen (secondary N) is 6. The van der Waals surface area contributed by atoms with Crippen molar-refractivity contribution in [2.75, 3.05) is 20.4 Å². The molecule has 4 saturated heterocycles. The molecule has 4 fully saturated rings. The number of aromatic nitrogens is 8. The smallest absolute Gasteiger partial charge is 0.329 e. The van der Waals surface area contributed by atoms with Gasteiger partial charge in [0.1, 0.15) is 61.0 Å². The summed E-state index contributed by atoms with van der Waals surface area (Å²) in [5.74, 6) is 5.01. The third kappa shape index (κ3) is 19.0. The lowest BCUT2D eigenvalue weighted by Gasteiger charge is -2.40. The number of nitrogens with zero attached hydrogens (tertiary/aromatic N) is 2. The van der Waals surface area contributed by atoms with Gasteiger partial charge in [-0.2, -0.15) is 0 Å². The normalized spacial score (nSPS) is 27.7.